The second kappa shape index (κ2) is 5.14. The highest BCUT2D eigenvalue weighted by Crippen LogP contribution is 2.31. The monoisotopic (exact) mass is 229 g/mol. The third kappa shape index (κ3) is 3.08. The van der Waals surface area contributed by atoms with E-state index >= 15 is 0 Å². The molecule has 0 fully saturated rings. The van der Waals surface area contributed by atoms with E-state index in [-0.39, 0.29) is 23.3 Å². The van der Waals surface area contributed by atoms with E-state index in [4.69, 9.17) is 10.5 Å². The fourth-order valence-electron chi connectivity index (χ4n) is 1.18. The van der Waals surface area contributed by atoms with Gasteiger partial charge in [-0.3, -0.25) is 0 Å². The lowest BCUT2D eigenvalue weighted by molar-refractivity contribution is 0.129. The quantitative estimate of drug-likeness (QED) is 0.800. The molecule has 4 heteroatoms. The van der Waals surface area contributed by atoms with Crippen molar-refractivity contribution in [2.75, 3.05) is 5.73 Å². The molecular weight excluding hydrogens is 212 g/mol. The lowest BCUT2D eigenvalue weighted by Gasteiger charge is -2.20. The molecule has 1 unspecified atom stereocenters. The fourth-order valence-corrected chi connectivity index (χ4v) is 1.18. The Kier molecular flexibility index (Phi) is 4.10. The van der Waals surface area contributed by atoms with Crippen LogP contribution in [0.3, 0.4) is 0 Å². The molecule has 16 heavy (non-hydrogen) atoms. The minimum absolute atomic E-state index is 0.110. The van der Waals surface area contributed by atoms with Crippen LogP contribution in [0.15, 0.2) is 18.2 Å². The SMILES string of the molecule is CC(C)C(C)Oc1ccc(N)cc1C(F)F. The van der Waals surface area contributed by atoms with Crippen LogP contribution < -0.4 is 10.5 Å². The maximum Gasteiger partial charge on any atom is 0.267 e. The van der Waals surface area contributed by atoms with Crippen LogP contribution in [0, 0.1) is 5.92 Å². The van der Waals surface area contributed by atoms with Crippen LogP contribution in [0.4, 0.5) is 14.5 Å². The van der Waals surface area contributed by atoms with Gasteiger partial charge in [0.05, 0.1) is 11.7 Å². The van der Waals surface area contributed by atoms with Crippen molar-refractivity contribution < 1.29 is 13.5 Å². The molecule has 1 aromatic rings. The van der Waals surface area contributed by atoms with Crippen molar-refractivity contribution >= 4 is 5.69 Å². The summed E-state index contributed by atoms with van der Waals surface area (Å²) >= 11 is 0. The smallest absolute Gasteiger partial charge is 0.267 e. The Bertz CT molecular complexity index is 353. The van der Waals surface area contributed by atoms with E-state index in [0.29, 0.717) is 5.69 Å². The van der Waals surface area contributed by atoms with Crippen molar-refractivity contribution in [1.82, 2.24) is 0 Å². The molecule has 0 aliphatic carbocycles. The minimum Gasteiger partial charge on any atom is -0.490 e. The van der Waals surface area contributed by atoms with Gasteiger partial charge >= 0.3 is 0 Å². The first kappa shape index (κ1) is 12.7. The Balaban J connectivity index is 2.95. The second-order valence-electron chi connectivity index (χ2n) is 4.16. The van der Waals surface area contributed by atoms with Crippen LogP contribution in [-0.4, -0.2) is 6.10 Å². The molecule has 2 N–H and O–H groups in total. The number of nitrogen functional groups attached to an aromatic ring is 1. The van der Waals surface area contributed by atoms with Gasteiger partial charge in [0, 0.05) is 5.69 Å². The molecule has 0 aliphatic rings. The number of hydrogen-bond donors (Lipinski definition) is 1. The van der Waals surface area contributed by atoms with E-state index in [1.54, 1.807) is 6.07 Å². The molecule has 0 heterocycles. The van der Waals surface area contributed by atoms with Crippen LogP contribution in [0.1, 0.15) is 32.8 Å². The first-order valence-corrected chi connectivity index (χ1v) is 5.26. The number of benzene rings is 1. The largest absolute Gasteiger partial charge is 0.490 e. The fraction of sp³-hybridized carbons (Fsp3) is 0.500. The number of ether oxygens (including phenoxy) is 1. The zero-order valence-corrected chi connectivity index (χ0v) is 9.71. The summed E-state index contributed by atoms with van der Waals surface area (Å²) in [4.78, 5) is 0. The molecule has 1 atom stereocenters. The molecule has 0 aliphatic heterocycles. The van der Waals surface area contributed by atoms with Crippen molar-refractivity contribution in [2.45, 2.75) is 33.3 Å². The van der Waals surface area contributed by atoms with Crippen molar-refractivity contribution in [3.05, 3.63) is 23.8 Å². The zero-order chi connectivity index (χ0) is 12.3. The highest BCUT2D eigenvalue weighted by molar-refractivity contribution is 5.48. The molecule has 0 spiro atoms. The molecule has 90 valence electrons. The average Bonchev–Trinajstić information content (AvgIpc) is 2.20. The molecule has 2 nitrogen and oxygen atoms in total. The van der Waals surface area contributed by atoms with Gasteiger partial charge in [-0.25, -0.2) is 8.78 Å². The van der Waals surface area contributed by atoms with Crippen molar-refractivity contribution in [2.24, 2.45) is 5.92 Å². The van der Waals surface area contributed by atoms with Gasteiger partial charge in [0.2, 0.25) is 0 Å². The molecule has 0 radical (unpaired) electrons. The molecule has 1 rings (SSSR count). The predicted octanol–water partition coefficient (Wildman–Crippen LogP) is 3.63. The Morgan fingerprint density at radius 3 is 2.31 bits per heavy atom. The number of alkyl halides is 2. The summed E-state index contributed by atoms with van der Waals surface area (Å²) in [5.41, 5.74) is 5.64. The van der Waals surface area contributed by atoms with E-state index in [1.165, 1.54) is 12.1 Å². The van der Waals surface area contributed by atoms with Gasteiger partial charge in [-0.05, 0) is 31.0 Å². The lowest BCUT2D eigenvalue weighted by atomic mass is 10.1. The third-order valence-corrected chi connectivity index (χ3v) is 2.52. The number of halogens is 2. The summed E-state index contributed by atoms with van der Waals surface area (Å²) in [6, 6.07) is 4.32. The van der Waals surface area contributed by atoms with Crippen molar-refractivity contribution in [3.63, 3.8) is 0 Å². The number of hydrogen-bond acceptors (Lipinski definition) is 2. The predicted molar refractivity (Wildman–Crippen MR) is 60.7 cm³/mol. The highest BCUT2D eigenvalue weighted by atomic mass is 19.3. The summed E-state index contributed by atoms with van der Waals surface area (Å²) < 4.78 is 30.9. The normalized spacial score (nSPS) is 13.2. The summed E-state index contributed by atoms with van der Waals surface area (Å²) in [6.07, 6.45) is -2.68. The topological polar surface area (TPSA) is 35.2 Å². The molecular formula is C12H17F2NO. The van der Waals surface area contributed by atoms with Crippen LogP contribution in [0.5, 0.6) is 5.75 Å². The summed E-state index contributed by atoms with van der Waals surface area (Å²) in [7, 11) is 0. The van der Waals surface area contributed by atoms with Gasteiger partial charge in [-0.2, -0.15) is 0 Å². The molecule has 0 amide bonds. The second-order valence-corrected chi connectivity index (χ2v) is 4.16. The molecule has 0 saturated carbocycles. The van der Waals surface area contributed by atoms with Crippen LogP contribution in [-0.2, 0) is 0 Å². The van der Waals surface area contributed by atoms with Crippen molar-refractivity contribution in [3.8, 4) is 5.75 Å². The summed E-state index contributed by atoms with van der Waals surface area (Å²) in [6.45, 7) is 5.81. The van der Waals surface area contributed by atoms with Gasteiger partial charge in [-0.1, -0.05) is 13.8 Å². The Hall–Kier alpha value is -1.32. The van der Waals surface area contributed by atoms with Crippen LogP contribution in [0.25, 0.3) is 0 Å². The maximum atomic E-state index is 12.7. The minimum atomic E-state index is -2.57. The summed E-state index contributed by atoms with van der Waals surface area (Å²) in [5, 5.41) is 0. The van der Waals surface area contributed by atoms with E-state index in [9.17, 15) is 8.78 Å². The van der Waals surface area contributed by atoms with Gasteiger partial charge < -0.3 is 10.5 Å². The molecule has 0 bridgehead atoms. The average molecular weight is 229 g/mol. The Morgan fingerprint density at radius 2 is 1.81 bits per heavy atom. The van der Waals surface area contributed by atoms with Crippen LogP contribution in [0.2, 0.25) is 0 Å². The van der Waals surface area contributed by atoms with Gasteiger partial charge in [0.15, 0.2) is 0 Å². The number of nitrogens with two attached hydrogens (primary N) is 1. The van der Waals surface area contributed by atoms with E-state index < -0.39 is 6.43 Å². The zero-order valence-electron chi connectivity index (χ0n) is 9.71. The van der Waals surface area contributed by atoms with E-state index in [2.05, 4.69) is 0 Å². The molecule has 0 aromatic heterocycles. The van der Waals surface area contributed by atoms with Gasteiger partial charge in [-0.15, -0.1) is 0 Å². The molecule has 1 aromatic carbocycles. The first-order valence-electron chi connectivity index (χ1n) is 5.26. The Labute approximate surface area is 94.4 Å². The lowest BCUT2D eigenvalue weighted by Crippen LogP contribution is -2.19. The van der Waals surface area contributed by atoms with Gasteiger partial charge in [0.25, 0.3) is 6.43 Å². The number of rotatable bonds is 4. The third-order valence-electron chi connectivity index (χ3n) is 2.52. The standard InChI is InChI=1S/C12H17F2NO/c1-7(2)8(3)16-11-5-4-9(15)6-10(11)12(13)14/h4-8,12H,15H2,1-3H3. The first-order chi connectivity index (χ1) is 7.41. The van der Waals surface area contributed by atoms with Gasteiger partial charge in [0.1, 0.15) is 5.75 Å². The van der Waals surface area contributed by atoms with E-state index in [0.717, 1.165) is 0 Å². The molecule has 0 saturated heterocycles. The van der Waals surface area contributed by atoms with E-state index in [1.807, 2.05) is 20.8 Å². The maximum absolute atomic E-state index is 12.7. The highest BCUT2D eigenvalue weighted by Gasteiger charge is 2.17. The van der Waals surface area contributed by atoms with Crippen molar-refractivity contribution in [1.29, 1.82) is 0 Å². The van der Waals surface area contributed by atoms with Crippen LogP contribution >= 0.6 is 0 Å². The summed E-state index contributed by atoms with van der Waals surface area (Å²) in [5.74, 6) is 0.480. The Morgan fingerprint density at radius 1 is 1.19 bits per heavy atom. The number of anilines is 1.